The zero-order valence-corrected chi connectivity index (χ0v) is 22.5. The van der Waals surface area contributed by atoms with Gasteiger partial charge in [-0.1, -0.05) is 18.4 Å². The maximum atomic E-state index is 13.9. The van der Waals surface area contributed by atoms with Gasteiger partial charge in [0.1, 0.15) is 23.3 Å². The highest BCUT2D eigenvalue weighted by molar-refractivity contribution is 7.96. The van der Waals surface area contributed by atoms with Gasteiger partial charge in [-0.15, -0.1) is 0 Å². The van der Waals surface area contributed by atoms with Crippen LogP contribution in [0.4, 0.5) is 19.1 Å². The molecule has 2 saturated heterocycles. The van der Waals surface area contributed by atoms with Gasteiger partial charge in [0, 0.05) is 38.1 Å². The van der Waals surface area contributed by atoms with Crippen LogP contribution in [0.2, 0.25) is 0 Å². The number of pyridine rings is 1. The third-order valence-electron chi connectivity index (χ3n) is 7.19. The van der Waals surface area contributed by atoms with Gasteiger partial charge in [0.05, 0.1) is 17.1 Å². The fourth-order valence-electron chi connectivity index (χ4n) is 5.11. The summed E-state index contributed by atoms with van der Waals surface area (Å²) in [6.45, 7) is 6.69. The number of piperidine rings is 2. The second kappa shape index (κ2) is 11.6. The molecule has 0 aliphatic carbocycles. The second-order valence-corrected chi connectivity index (χ2v) is 10.8. The van der Waals surface area contributed by atoms with E-state index < -0.39 is 11.7 Å². The number of halogens is 3. The molecule has 0 spiro atoms. The number of hydrogen-bond acceptors (Lipinski definition) is 8. The summed E-state index contributed by atoms with van der Waals surface area (Å²) in [4.78, 5) is 19.8. The SMILES string of the molecule is CSN1CCC(Nc2ncc(C(F)(F)F)c(-c3cn(-c4ccc(CN5CCCCC5)nc4C)cn3)n2)CC1. The summed E-state index contributed by atoms with van der Waals surface area (Å²) < 4.78 is 45.6. The Labute approximate surface area is 225 Å². The Balaban J connectivity index is 1.37. The Morgan fingerprint density at radius 1 is 1.03 bits per heavy atom. The summed E-state index contributed by atoms with van der Waals surface area (Å²) >= 11 is 1.70. The van der Waals surface area contributed by atoms with Crippen LogP contribution >= 0.6 is 11.9 Å². The molecule has 0 amide bonds. The van der Waals surface area contributed by atoms with E-state index in [0.29, 0.717) is 0 Å². The van der Waals surface area contributed by atoms with Crippen molar-refractivity contribution in [1.82, 2.24) is 33.7 Å². The quantitative estimate of drug-likeness (QED) is 0.406. The number of likely N-dealkylation sites (tertiary alicyclic amines) is 1. The van der Waals surface area contributed by atoms with E-state index >= 15 is 0 Å². The van der Waals surface area contributed by atoms with Crippen LogP contribution in [0.1, 0.15) is 49.1 Å². The van der Waals surface area contributed by atoms with Gasteiger partial charge in [0.25, 0.3) is 0 Å². The summed E-state index contributed by atoms with van der Waals surface area (Å²) in [5, 5.41) is 3.23. The van der Waals surface area contributed by atoms with Crippen molar-refractivity contribution in [2.75, 3.05) is 37.8 Å². The highest BCUT2D eigenvalue weighted by Crippen LogP contribution is 2.36. The molecular weight excluding hydrogens is 513 g/mol. The van der Waals surface area contributed by atoms with Crippen molar-refractivity contribution in [3.8, 4) is 17.1 Å². The number of imidazole rings is 1. The number of nitrogens with one attached hydrogen (secondary N) is 1. The van der Waals surface area contributed by atoms with E-state index in [1.54, 1.807) is 22.7 Å². The smallest absolute Gasteiger partial charge is 0.351 e. The second-order valence-electron chi connectivity index (χ2n) is 9.89. The van der Waals surface area contributed by atoms with Crippen molar-refractivity contribution in [3.05, 3.63) is 47.8 Å². The summed E-state index contributed by atoms with van der Waals surface area (Å²) in [5.74, 6) is 0.185. The number of nitrogens with zero attached hydrogens (tertiary/aromatic N) is 7. The van der Waals surface area contributed by atoms with Gasteiger partial charge < -0.3 is 9.88 Å². The topological polar surface area (TPSA) is 75.0 Å². The molecule has 2 aliphatic rings. The van der Waals surface area contributed by atoms with Crippen LogP contribution in [0.15, 0.2) is 30.9 Å². The van der Waals surface area contributed by atoms with Crippen LogP contribution in [-0.4, -0.2) is 72.2 Å². The Hall–Kier alpha value is -2.70. The lowest BCUT2D eigenvalue weighted by molar-refractivity contribution is -0.137. The molecule has 1 N–H and O–H groups in total. The molecule has 2 fully saturated rings. The van der Waals surface area contributed by atoms with Gasteiger partial charge in [-0.05, 0) is 64.1 Å². The summed E-state index contributed by atoms with van der Waals surface area (Å²) in [7, 11) is 0. The monoisotopic (exact) mass is 546 g/mol. The third-order valence-corrected chi connectivity index (χ3v) is 8.07. The Morgan fingerprint density at radius 3 is 2.47 bits per heavy atom. The van der Waals surface area contributed by atoms with Gasteiger partial charge in [0.2, 0.25) is 5.95 Å². The van der Waals surface area contributed by atoms with Crippen LogP contribution in [-0.2, 0) is 12.7 Å². The van der Waals surface area contributed by atoms with Crippen molar-refractivity contribution in [2.24, 2.45) is 0 Å². The molecule has 5 rings (SSSR count). The van der Waals surface area contributed by atoms with Gasteiger partial charge in [-0.2, -0.15) is 13.2 Å². The Kier molecular flexibility index (Phi) is 8.20. The maximum absolute atomic E-state index is 13.9. The maximum Gasteiger partial charge on any atom is 0.420 e. The highest BCUT2D eigenvalue weighted by Gasteiger charge is 2.36. The van der Waals surface area contributed by atoms with E-state index in [4.69, 9.17) is 4.98 Å². The van der Waals surface area contributed by atoms with Crippen LogP contribution in [0, 0.1) is 6.92 Å². The number of alkyl halides is 3. The average molecular weight is 547 g/mol. The average Bonchev–Trinajstić information content (AvgIpc) is 3.39. The fraction of sp³-hybridized carbons (Fsp3) is 0.538. The molecule has 38 heavy (non-hydrogen) atoms. The highest BCUT2D eigenvalue weighted by atomic mass is 32.2. The minimum atomic E-state index is -4.60. The van der Waals surface area contributed by atoms with Crippen molar-refractivity contribution in [2.45, 2.75) is 57.8 Å². The molecule has 3 aromatic heterocycles. The lowest BCUT2D eigenvalue weighted by atomic mass is 10.1. The number of rotatable bonds is 7. The molecule has 204 valence electrons. The van der Waals surface area contributed by atoms with Crippen LogP contribution in [0.5, 0.6) is 0 Å². The predicted octanol–water partition coefficient (Wildman–Crippen LogP) is 5.19. The first-order valence-electron chi connectivity index (χ1n) is 13.0. The number of hydrogen-bond donors (Lipinski definition) is 1. The number of anilines is 1. The zero-order chi connectivity index (χ0) is 26.7. The van der Waals surface area contributed by atoms with E-state index in [2.05, 4.69) is 29.5 Å². The van der Waals surface area contributed by atoms with Gasteiger partial charge in [-0.3, -0.25) is 14.2 Å². The van der Waals surface area contributed by atoms with Gasteiger partial charge in [0.15, 0.2) is 0 Å². The summed E-state index contributed by atoms with van der Waals surface area (Å²) in [6.07, 6.45) is 6.83. The van der Waals surface area contributed by atoms with E-state index in [-0.39, 0.29) is 23.4 Å². The molecule has 0 bridgehead atoms. The minimum absolute atomic E-state index is 0.109. The van der Waals surface area contributed by atoms with E-state index in [1.807, 2.05) is 25.3 Å². The van der Waals surface area contributed by atoms with E-state index in [1.165, 1.54) is 25.6 Å². The minimum Gasteiger partial charge on any atom is -0.351 e. The molecule has 0 saturated carbocycles. The molecule has 3 aromatic rings. The third kappa shape index (κ3) is 6.29. The Bertz CT molecular complexity index is 1230. The van der Waals surface area contributed by atoms with Crippen molar-refractivity contribution >= 4 is 17.9 Å². The molecule has 0 unspecified atom stereocenters. The van der Waals surface area contributed by atoms with Gasteiger partial charge in [-0.25, -0.2) is 15.0 Å². The molecular formula is C26H33F3N8S. The summed E-state index contributed by atoms with van der Waals surface area (Å²) in [6, 6.07) is 4.04. The number of aromatic nitrogens is 5. The molecule has 12 heteroatoms. The standard InChI is InChI=1S/C26H33F3N8S/c1-18-23(7-6-20(32-18)15-35-10-4-3-5-11-35)36-16-22(31-17-36)24-21(26(27,28)29)14-30-25(34-24)33-19-8-12-37(38-2)13-9-19/h6-7,14,16-17,19H,3-5,8-13,15H2,1-2H3,(H,30,33,34). The lowest BCUT2D eigenvalue weighted by Crippen LogP contribution is -2.35. The molecule has 0 radical (unpaired) electrons. The normalized spacial score (nSPS) is 18.1. The van der Waals surface area contributed by atoms with Crippen LogP contribution < -0.4 is 5.32 Å². The van der Waals surface area contributed by atoms with E-state index in [0.717, 1.165) is 68.8 Å². The summed E-state index contributed by atoms with van der Waals surface area (Å²) in [5.41, 5.74) is 1.55. The molecule has 0 aromatic carbocycles. The zero-order valence-electron chi connectivity index (χ0n) is 21.7. The molecule has 5 heterocycles. The number of aryl methyl sites for hydroxylation is 1. The van der Waals surface area contributed by atoms with Crippen LogP contribution in [0.25, 0.3) is 17.1 Å². The van der Waals surface area contributed by atoms with E-state index in [9.17, 15) is 13.2 Å². The molecule has 8 nitrogen and oxygen atoms in total. The van der Waals surface area contributed by atoms with Crippen molar-refractivity contribution < 1.29 is 13.2 Å². The van der Waals surface area contributed by atoms with Crippen molar-refractivity contribution in [1.29, 1.82) is 0 Å². The first-order chi connectivity index (χ1) is 18.3. The lowest BCUT2D eigenvalue weighted by Gasteiger charge is -2.30. The molecule has 0 atom stereocenters. The largest absolute Gasteiger partial charge is 0.420 e. The Morgan fingerprint density at radius 2 is 1.79 bits per heavy atom. The van der Waals surface area contributed by atoms with Gasteiger partial charge >= 0.3 is 6.18 Å². The van der Waals surface area contributed by atoms with Crippen molar-refractivity contribution in [3.63, 3.8) is 0 Å². The van der Waals surface area contributed by atoms with Crippen LogP contribution in [0.3, 0.4) is 0 Å². The predicted molar refractivity (Wildman–Crippen MR) is 143 cm³/mol. The fourth-order valence-corrected chi connectivity index (χ4v) is 5.69. The first kappa shape index (κ1) is 26.9. The molecule has 2 aliphatic heterocycles. The first-order valence-corrected chi connectivity index (χ1v) is 14.2.